The zero-order valence-corrected chi connectivity index (χ0v) is 10.5. The molecule has 2 nitrogen and oxygen atoms in total. The van der Waals surface area contributed by atoms with Gasteiger partial charge in [0.2, 0.25) is 0 Å². The molecule has 1 aliphatic rings. The van der Waals surface area contributed by atoms with E-state index in [4.69, 9.17) is 5.73 Å². The van der Waals surface area contributed by atoms with Gasteiger partial charge in [-0.05, 0) is 24.3 Å². The quantitative estimate of drug-likeness (QED) is 0.851. The van der Waals surface area contributed by atoms with Gasteiger partial charge in [-0.1, -0.05) is 38.0 Å². The van der Waals surface area contributed by atoms with Gasteiger partial charge in [0, 0.05) is 11.6 Å². The van der Waals surface area contributed by atoms with Crippen molar-refractivity contribution in [2.45, 2.75) is 38.6 Å². The standard InChI is InChI=1S/C13H19NO.ClH/c1-2-10-4-3-5-11(13(10)15)12(14)8-9-6-7-9;/h3-5,9,12,15H,2,6-8,14H2,1H3;1H/t12-;/m1./s1. The summed E-state index contributed by atoms with van der Waals surface area (Å²) in [4.78, 5) is 0. The first kappa shape index (κ1) is 13.3. The van der Waals surface area contributed by atoms with Gasteiger partial charge in [0.15, 0.2) is 0 Å². The van der Waals surface area contributed by atoms with Crippen LogP contribution >= 0.6 is 12.4 Å². The van der Waals surface area contributed by atoms with Crippen molar-refractivity contribution >= 4 is 12.4 Å². The van der Waals surface area contributed by atoms with Gasteiger partial charge in [-0.15, -0.1) is 12.4 Å². The van der Waals surface area contributed by atoms with Gasteiger partial charge in [0.1, 0.15) is 5.75 Å². The molecule has 0 aliphatic heterocycles. The summed E-state index contributed by atoms with van der Waals surface area (Å²) in [5, 5.41) is 10.0. The van der Waals surface area contributed by atoms with Crippen molar-refractivity contribution in [1.29, 1.82) is 0 Å². The van der Waals surface area contributed by atoms with E-state index in [0.717, 1.165) is 29.9 Å². The molecule has 1 aromatic rings. The molecule has 0 amide bonds. The van der Waals surface area contributed by atoms with E-state index in [-0.39, 0.29) is 18.4 Å². The van der Waals surface area contributed by atoms with Crippen LogP contribution in [0, 0.1) is 5.92 Å². The molecule has 1 fully saturated rings. The summed E-state index contributed by atoms with van der Waals surface area (Å²) in [7, 11) is 0. The second-order valence-electron chi connectivity index (χ2n) is 4.49. The van der Waals surface area contributed by atoms with Crippen molar-refractivity contribution < 1.29 is 5.11 Å². The maximum absolute atomic E-state index is 10.0. The number of phenolic OH excluding ortho intramolecular Hbond substituents is 1. The Hall–Kier alpha value is -0.730. The molecule has 1 saturated carbocycles. The molecule has 1 atom stereocenters. The van der Waals surface area contributed by atoms with Crippen LogP contribution in [0.25, 0.3) is 0 Å². The Morgan fingerprint density at radius 2 is 2.12 bits per heavy atom. The lowest BCUT2D eigenvalue weighted by Gasteiger charge is -2.15. The van der Waals surface area contributed by atoms with Crippen LogP contribution in [-0.4, -0.2) is 5.11 Å². The van der Waals surface area contributed by atoms with Crippen molar-refractivity contribution in [1.82, 2.24) is 0 Å². The van der Waals surface area contributed by atoms with Crippen LogP contribution in [0.2, 0.25) is 0 Å². The fourth-order valence-corrected chi connectivity index (χ4v) is 2.04. The van der Waals surface area contributed by atoms with Gasteiger partial charge in [0.25, 0.3) is 0 Å². The van der Waals surface area contributed by atoms with E-state index in [1.54, 1.807) is 0 Å². The fourth-order valence-electron chi connectivity index (χ4n) is 2.04. The zero-order valence-electron chi connectivity index (χ0n) is 9.65. The first-order chi connectivity index (χ1) is 7.22. The van der Waals surface area contributed by atoms with E-state index in [1.165, 1.54) is 12.8 Å². The molecule has 3 heteroatoms. The van der Waals surface area contributed by atoms with Crippen LogP contribution in [0.4, 0.5) is 0 Å². The Morgan fingerprint density at radius 3 is 2.69 bits per heavy atom. The average Bonchev–Trinajstić information content (AvgIpc) is 3.02. The highest BCUT2D eigenvalue weighted by Crippen LogP contribution is 2.39. The molecule has 0 bridgehead atoms. The molecule has 90 valence electrons. The van der Waals surface area contributed by atoms with Gasteiger partial charge < -0.3 is 10.8 Å². The van der Waals surface area contributed by atoms with Gasteiger partial charge in [0.05, 0.1) is 0 Å². The number of benzene rings is 1. The van der Waals surface area contributed by atoms with E-state index < -0.39 is 0 Å². The van der Waals surface area contributed by atoms with E-state index in [9.17, 15) is 5.11 Å². The monoisotopic (exact) mass is 241 g/mol. The number of phenols is 1. The van der Waals surface area contributed by atoms with Gasteiger partial charge in [-0.2, -0.15) is 0 Å². The molecule has 0 saturated heterocycles. The van der Waals surface area contributed by atoms with Crippen LogP contribution in [0.1, 0.15) is 43.4 Å². The van der Waals surface area contributed by atoms with Crippen molar-refractivity contribution in [2.24, 2.45) is 11.7 Å². The summed E-state index contributed by atoms with van der Waals surface area (Å²) < 4.78 is 0. The molecule has 0 spiro atoms. The lowest BCUT2D eigenvalue weighted by atomic mass is 9.98. The summed E-state index contributed by atoms with van der Waals surface area (Å²) >= 11 is 0. The highest BCUT2D eigenvalue weighted by atomic mass is 35.5. The number of rotatable bonds is 4. The van der Waals surface area contributed by atoms with Crippen molar-refractivity contribution in [3.05, 3.63) is 29.3 Å². The second-order valence-corrected chi connectivity index (χ2v) is 4.49. The van der Waals surface area contributed by atoms with Gasteiger partial charge >= 0.3 is 0 Å². The molecule has 0 heterocycles. The van der Waals surface area contributed by atoms with Crippen LogP contribution in [0.15, 0.2) is 18.2 Å². The molecule has 0 unspecified atom stereocenters. The highest BCUT2D eigenvalue weighted by Gasteiger charge is 2.25. The van der Waals surface area contributed by atoms with E-state index in [2.05, 4.69) is 0 Å². The van der Waals surface area contributed by atoms with Crippen LogP contribution in [0.5, 0.6) is 5.75 Å². The van der Waals surface area contributed by atoms with Crippen LogP contribution in [0.3, 0.4) is 0 Å². The Kier molecular flexibility index (Phi) is 4.63. The molecule has 3 N–H and O–H groups in total. The zero-order chi connectivity index (χ0) is 10.8. The summed E-state index contributed by atoms with van der Waals surface area (Å²) in [5.41, 5.74) is 8.02. The molecule has 0 aromatic heterocycles. The van der Waals surface area contributed by atoms with Gasteiger partial charge in [-0.25, -0.2) is 0 Å². The molecule has 1 aromatic carbocycles. The lowest BCUT2D eigenvalue weighted by molar-refractivity contribution is 0.449. The molecular weight excluding hydrogens is 222 g/mol. The summed E-state index contributed by atoms with van der Waals surface area (Å²) in [6.45, 7) is 2.05. The first-order valence-electron chi connectivity index (χ1n) is 5.78. The molecular formula is C13H20ClNO. The summed E-state index contributed by atoms with van der Waals surface area (Å²) in [5.74, 6) is 1.21. The van der Waals surface area contributed by atoms with E-state index in [0.29, 0.717) is 5.75 Å². The predicted molar refractivity (Wildman–Crippen MR) is 69.0 cm³/mol. The number of aromatic hydroxyl groups is 1. The minimum atomic E-state index is 0. The van der Waals surface area contributed by atoms with Crippen LogP contribution in [-0.2, 0) is 6.42 Å². The molecule has 16 heavy (non-hydrogen) atoms. The number of nitrogens with two attached hydrogens (primary N) is 1. The topological polar surface area (TPSA) is 46.2 Å². The number of aryl methyl sites for hydroxylation is 1. The predicted octanol–water partition coefficient (Wildman–Crippen LogP) is 3.18. The maximum Gasteiger partial charge on any atom is 0.123 e. The van der Waals surface area contributed by atoms with Gasteiger partial charge in [-0.3, -0.25) is 0 Å². The summed E-state index contributed by atoms with van der Waals surface area (Å²) in [6, 6.07) is 5.90. The third-order valence-electron chi connectivity index (χ3n) is 3.22. The first-order valence-corrected chi connectivity index (χ1v) is 5.78. The largest absolute Gasteiger partial charge is 0.507 e. The summed E-state index contributed by atoms with van der Waals surface area (Å²) in [6.07, 6.45) is 4.49. The Labute approximate surface area is 103 Å². The minimum Gasteiger partial charge on any atom is -0.507 e. The Bertz CT molecular complexity index is 350. The molecule has 1 aliphatic carbocycles. The molecule has 0 radical (unpaired) electrons. The number of para-hydroxylation sites is 1. The van der Waals surface area contributed by atoms with Crippen LogP contribution < -0.4 is 5.73 Å². The van der Waals surface area contributed by atoms with E-state index >= 15 is 0 Å². The van der Waals surface area contributed by atoms with Crippen molar-refractivity contribution in [2.75, 3.05) is 0 Å². The lowest BCUT2D eigenvalue weighted by Crippen LogP contribution is -2.11. The average molecular weight is 242 g/mol. The Balaban J connectivity index is 0.00000128. The SMILES string of the molecule is CCc1cccc([C@H](N)CC2CC2)c1O.Cl. The smallest absolute Gasteiger partial charge is 0.123 e. The Morgan fingerprint density at radius 1 is 1.44 bits per heavy atom. The minimum absolute atomic E-state index is 0. The number of hydrogen-bond acceptors (Lipinski definition) is 2. The van der Waals surface area contributed by atoms with Crippen molar-refractivity contribution in [3.8, 4) is 5.75 Å². The van der Waals surface area contributed by atoms with Crippen molar-refractivity contribution in [3.63, 3.8) is 0 Å². The molecule has 2 rings (SSSR count). The number of halogens is 1. The van der Waals surface area contributed by atoms with E-state index in [1.807, 2.05) is 25.1 Å². The normalized spacial score (nSPS) is 16.6. The number of hydrogen-bond donors (Lipinski definition) is 2. The fraction of sp³-hybridized carbons (Fsp3) is 0.538. The highest BCUT2D eigenvalue weighted by molar-refractivity contribution is 5.85. The second kappa shape index (κ2) is 5.55. The maximum atomic E-state index is 10.0. The third-order valence-corrected chi connectivity index (χ3v) is 3.22. The third kappa shape index (κ3) is 2.89.